The lowest BCUT2D eigenvalue weighted by Gasteiger charge is -2.06. The number of nitrogens with one attached hydrogen (secondary N) is 1. The van der Waals surface area contributed by atoms with Gasteiger partial charge in [0.05, 0.1) is 11.3 Å². The maximum atomic E-state index is 12.0. The maximum Gasteiger partial charge on any atom is 0.307 e. The number of hydrogen-bond donors (Lipinski definition) is 2. The second kappa shape index (κ2) is 5.30. The Bertz CT molecular complexity index is 565. The van der Waals surface area contributed by atoms with Crippen molar-refractivity contribution >= 4 is 16.0 Å². The number of carboxylic acid groups (broad SMARTS) is 1. The number of hydrogen-bond acceptors (Lipinski definition) is 3. The van der Waals surface area contributed by atoms with Crippen molar-refractivity contribution in [3.05, 3.63) is 29.8 Å². The third-order valence-electron chi connectivity index (χ3n) is 3.40. The van der Waals surface area contributed by atoms with E-state index in [1.165, 1.54) is 24.3 Å². The molecule has 1 aromatic rings. The van der Waals surface area contributed by atoms with Crippen LogP contribution in [0.5, 0.6) is 0 Å². The van der Waals surface area contributed by atoms with Crippen LogP contribution in [0.25, 0.3) is 0 Å². The third-order valence-corrected chi connectivity index (χ3v) is 4.84. The molecule has 0 aromatic heterocycles. The molecule has 1 aliphatic carbocycles. The summed E-state index contributed by atoms with van der Waals surface area (Å²) in [7, 11) is -3.48. The van der Waals surface area contributed by atoms with Crippen molar-refractivity contribution in [3.63, 3.8) is 0 Å². The minimum absolute atomic E-state index is 0.104. The smallest absolute Gasteiger partial charge is 0.307 e. The van der Waals surface area contributed by atoms with Gasteiger partial charge in [-0.25, -0.2) is 13.1 Å². The summed E-state index contributed by atoms with van der Waals surface area (Å²) in [5.41, 5.74) is 0.585. The highest BCUT2D eigenvalue weighted by Crippen LogP contribution is 2.37. The summed E-state index contributed by atoms with van der Waals surface area (Å²) in [4.78, 5) is 10.7. The lowest BCUT2D eigenvalue weighted by Crippen LogP contribution is -2.26. The number of sulfonamides is 1. The molecule has 104 valence electrons. The summed E-state index contributed by atoms with van der Waals surface area (Å²) in [6.45, 7) is 2.57. The molecule has 2 N–H and O–H groups in total. The van der Waals surface area contributed by atoms with Gasteiger partial charge in [0.15, 0.2) is 0 Å². The Morgan fingerprint density at radius 3 is 2.42 bits per heavy atom. The van der Waals surface area contributed by atoms with Gasteiger partial charge in [0.1, 0.15) is 0 Å². The average molecular weight is 283 g/mol. The predicted molar refractivity (Wildman–Crippen MR) is 70.2 cm³/mol. The van der Waals surface area contributed by atoms with Gasteiger partial charge < -0.3 is 5.11 Å². The first-order valence-corrected chi connectivity index (χ1v) is 7.67. The number of rotatable bonds is 6. The van der Waals surface area contributed by atoms with Crippen molar-refractivity contribution in [1.29, 1.82) is 0 Å². The Kier molecular flexibility index (Phi) is 3.91. The van der Waals surface area contributed by atoms with Gasteiger partial charge in [-0.1, -0.05) is 19.1 Å². The molecule has 1 saturated carbocycles. The molecule has 0 aliphatic heterocycles. The van der Waals surface area contributed by atoms with Crippen LogP contribution in [0, 0.1) is 11.8 Å². The highest BCUT2D eigenvalue weighted by atomic mass is 32.2. The van der Waals surface area contributed by atoms with Crippen molar-refractivity contribution < 1.29 is 18.3 Å². The average Bonchev–Trinajstić information content (AvgIpc) is 3.03. The molecular weight excluding hydrogens is 266 g/mol. The molecule has 1 aliphatic rings. The Morgan fingerprint density at radius 1 is 1.37 bits per heavy atom. The molecule has 0 heterocycles. The number of carboxylic acids is 1. The molecule has 6 heteroatoms. The first-order valence-electron chi connectivity index (χ1n) is 6.19. The van der Waals surface area contributed by atoms with E-state index in [0.29, 0.717) is 23.9 Å². The zero-order chi connectivity index (χ0) is 14.0. The van der Waals surface area contributed by atoms with E-state index in [4.69, 9.17) is 5.11 Å². The molecule has 2 unspecified atom stereocenters. The van der Waals surface area contributed by atoms with Crippen LogP contribution >= 0.6 is 0 Å². The van der Waals surface area contributed by atoms with Crippen LogP contribution in [0.1, 0.15) is 18.9 Å². The van der Waals surface area contributed by atoms with Gasteiger partial charge in [0.25, 0.3) is 0 Å². The zero-order valence-electron chi connectivity index (χ0n) is 10.7. The molecule has 1 aromatic carbocycles. The van der Waals surface area contributed by atoms with E-state index in [0.717, 1.165) is 6.42 Å². The van der Waals surface area contributed by atoms with E-state index >= 15 is 0 Å². The molecule has 2 rings (SSSR count). The Labute approximate surface area is 112 Å². The predicted octanol–water partition coefficient (Wildman–Crippen LogP) is 1.25. The van der Waals surface area contributed by atoms with Crippen LogP contribution in [0.15, 0.2) is 29.2 Å². The topological polar surface area (TPSA) is 83.5 Å². The standard InChI is InChI=1S/C13H17NO4S/c1-9-6-11(9)8-14-19(17,18)12-4-2-10(3-5-12)7-13(15)16/h2-5,9,11,14H,6-8H2,1H3,(H,15,16). The van der Waals surface area contributed by atoms with Crippen LogP contribution in [0.2, 0.25) is 0 Å². The second-order valence-electron chi connectivity index (χ2n) is 5.04. The maximum absolute atomic E-state index is 12.0. The van der Waals surface area contributed by atoms with Gasteiger partial charge in [0, 0.05) is 6.54 Å². The Hall–Kier alpha value is -1.40. The first-order chi connectivity index (χ1) is 8.88. The van der Waals surface area contributed by atoms with Crippen molar-refractivity contribution in [2.75, 3.05) is 6.54 Å². The minimum Gasteiger partial charge on any atom is -0.481 e. The monoisotopic (exact) mass is 283 g/mol. The van der Waals surface area contributed by atoms with Crippen LogP contribution in [0.4, 0.5) is 0 Å². The van der Waals surface area contributed by atoms with Gasteiger partial charge in [-0.3, -0.25) is 4.79 Å². The van der Waals surface area contributed by atoms with Crippen LogP contribution in [-0.4, -0.2) is 26.0 Å². The van der Waals surface area contributed by atoms with E-state index in [-0.39, 0.29) is 11.3 Å². The van der Waals surface area contributed by atoms with E-state index in [9.17, 15) is 13.2 Å². The molecule has 19 heavy (non-hydrogen) atoms. The van der Waals surface area contributed by atoms with E-state index < -0.39 is 16.0 Å². The van der Waals surface area contributed by atoms with Crippen molar-refractivity contribution in [2.24, 2.45) is 11.8 Å². The molecule has 0 amide bonds. The first kappa shape index (κ1) is 14.0. The molecule has 0 spiro atoms. The fourth-order valence-corrected chi connectivity index (χ4v) is 3.04. The summed E-state index contributed by atoms with van der Waals surface area (Å²) in [5.74, 6) is 0.109. The largest absolute Gasteiger partial charge is 0.481 e. The molecule has 0 radical (unpaired) electrons. The molecular formula is C13H17NO4S. The third kappa shape index (κ3) is 3.78. The van der Waals surface area contributed by atoms with Crippen molar-refractivity contribution in [1.82, 2.24) is 4.72 Å². The lowest BCUT2D eigenvalue weighted by atomic mass is 10.2. The fraction of sp³-hybridized carbons (Fsp3) is 0.462. The second-order valence-corrected chi connectivity index (χ2v) is 6.81. The van der Waals surface area contributed by atoms with Crippen molar-refractivity contribution in [2.45, 2.75) is 24.7 Å². The van der Waals surface area contributed by atoms with Crippen LogP contribution in [-0.2, 0) is 21.2 Å². The van der Waals surface area contributed by atoms with Crippen LogP contribution in [0.3, 0.4) is 0 Å². The molecule has 5 nitrogen and oxygen atoms in total. The highest BCUT2D eigenvalue weighted by molar-refractivity contribution is 7.89. The lowest BCUT2D eigenvalue weighted by molar-refractivity contribution is -0.136. The van der Waals surface area contributed by atoms with Gasteiger partial charge in [-0.2, -0.15) is 0 Å². The number of benzene rings is 1. The SMILES string of the molecule is CC1CC1CNS(=O)(=O)c1ccc(CC(=O)O)cc1. The Balaban J connectivity index is 2.01. The zero-order valence-corrected chi connectivity index (χ0v) is 11.5. The number of carbonyl (C=O) groups is 1. The van der Waals surface area contributed by atoms with Gasteiger partial charge in [0.2, 0.25) is 10.0 Å². The van der Waals surface area contributed by atoms with Gasteiger partial charge in [-0.15, -0.1) is 0 Å². The normalized spacial score (nSPS) is 22.2. The quantitative estimate of drug-likeness (QED) is 0.823. The molecule has 2 atom stereocenters. The van der Waals surface area contributed by atoms with E-state index in [1.54, 1.807) is 0 Å². The van der Waals surface area contributed by atoms with E-state index in [1.807, 2.05) is 0 Å². The molecule has 0 bridgehead atoms. The minimum atomic E-state index is -3.48. The van der Waals surface area contributed by atoms with Gasteiger partial charge in [-0.05, 0) is 36.0 Å². The van der Waals surface area contributed by atoms with Gasteiger partial charge >= 0.3 is 5.97 Å². The molecule has 1 fully saturated rings. The fourth-order valence-electron chi connectivity index (χ4n) is 1.94. The summed E-state index contributed by atoms with van der Waals surface area (Å²) < 4.78 is 26.5. The number of aliphatic carboxylic acids is 1. The highest BCUT2D eigenvalue weighted by Gasteiger charge is 2.33. The van der Waals surface area contributed by atoms with Crippen LogP contribution < -0.4 is 4.72 Å². The summed E-state index contributed by atoms with van der Waals surface area (Å²) in [6.07, 6.45) is 0.966. The summed E-state index contributed by atoms with van der Waals surface area (Å²) >= 11 is 0. The summed E-state index contributed by atoms with van der Waals surface area (Å²) in [6, 6.07) is 5.94. The Morgan fingerprint density at radius 2 is 1.95 bits per heavy atom. The van der Waals surface area contributed by atoms with E-state index in [2.05, 4.69) is 11.6 Å². The molecule has 0 saturated heterocycles. The van der Waals surface area contributed by atoms with Crippen molar-refractivity contribution in [3.8, 4) is 0 Å². The summed E-state index contributed by atoms with van der Waals surface area (Å²) in [5, 5.41) is 8.64.